The van der Waals surface area contributed by atoms with Gasteiger partial charge in [-0.25, -0.2) is 0 Å². The highest BCUT2D eigenvalue weighted by molar-refractivity contribution is 14.1. The van der Waals surface area contributed by atoms with Crippen LogP contribution >= 0.6 is 67.8 Å². The third kappa shape index (κ3) is 7.69. The molecule has 0 unspecified atom stereocenters. The summed E-state index contributed by atoms with van der Waals surface area (Å²) in [6, 6.07) is 3.54. The van der Waals surface area contributed by atoms with Gasteiger partial charge in [-0.05, 0) is 79.9 Å². The highest BCUT2D eigenvalue weighted by Gasteiger charge is 2.14. The van der Waals surface area contributed by atoms with Gasteiger partial charge in [0.2, 0.25) is 5.91 Å². The lowest BCUT2D eigenvalue weighted by Crippen LogP contribution is -2.20. The molecule has 0 radical (unpaired) electrons. The molecule has 1 aromatic carbocycles. The van der Waals surface area contributed by atoms with E-state index in [1.54, 1.807) is 12.1 Å². The Morgan fingerprint density at radius 2 is 1.73 bits per heavy atom. The Morgan fingerprint density at radius 1 is 1.18 bits per heavy atom. The van der Waals surface area contributed by atoms with Crippen molar-refractivity contribution < 1.29 is 27.3 Å². The molecular weight excluding hydrogens is 655 g/mol. The van der Waals surface area contributed by atoms with E-state index in [2.05, 4.69) is 77.8 Å². The average Bonchev–Trinajstić information content (AvgIpc) is 2.33. The minimum atomic E-state index is -4.19. The number of esters is 1. The molecule has 0 aromatic heterocycles. The normalized spacial score (nSPS) is 11.1. The third-order valence-corrected chi connectivity index (χ3v) is 7.79. The van der Waals surface area contributed by atoms with Crippen LogP contribution in [0, 0.1) is 10.7 Å². The van der Waals surface area contributed by atoms with Crippen LogP contribution in [0.15, 0.2) is 12.1 Å². The van der Waals surface area contributed by atoms with Crippen LogP contribution in [0.3, 0.4) is 0 Å². The number of halogens is 3. The van der Waals surface area contributed by atoms with Crippen LogP contribution in [0.2, 0.25) is 0 Å². The SMILES string of the molecule is O=C(CC(=O)OCCS(=O)(=O)O)Nc1cc(I)c(I)c(I)c1. The molecule has 0 heterocycles. The Labute approximate surface area is 168 Å². The van der Waals surface area contributed by atoms with Gasteiger partial charge in [0.15, 0.2) is 0 Å². The minimum absolute atomic E-state index is 0.496. The number of anilines is 1. The van der Waals surface area contributed by atoms with E-state index in [4.69, 9.17) is 4.55 Å². The largest absolute Gasteiger partial charge is 0.464 e. The monoisotopic (exact) mass is 665 g/mol. The van der Waals surface area contributed by atoms with Crippen LogP contribution in [-0.4, -0.2) is 37.2 Å². The zero-order valence-corrected chi connectivity index (χ0v) is 18.1. The maximum Gasteiger partial charge on any atom is 0.315 e. The highest BCUT2D eigenvalue weighted by Crippen LogP contribution is 2.25. The van der Waals surface area contributed by atoms with Gasteiger partial charge in [0.25, 0.3) is 10.1 Å². The van der Waals surface area contributed by atoms with Gasteiger partial charge in [-0.15, -0.1) is 0 Å². The van der Waals surface area contributed by atoms with Crippen molar-refractivity contribution in [2.45, 2.75) is 6.42 Å². The number of rotatable bonds is 6. The number of hydrogen-bond donors (Lipinski definition) is 2. The lowest BCUT2D eigenvalue weighted by molar-refractivity contribution is -0.144. The number of carbonyl (C=O) groups is 2. The van der Waals surface area contributed by atoms with Crippen LogP contribution in [0.25, 0.3) is 0 Å². The Kier molecular flexibility index (Phi) is 8.24. The van der Waals surface area contributed by atoms with E-state index in [0.29, 0.717) is 5.69 Å². The predicted octanol–water partition coefficient (Wildman–Crippen LogP) is 2.26. The number of carbonyl (C=O) groups excluding carboxylic acids is 2. The topological polar surface area (TPSA) is 110 Å². The number of hydrogen-bond acceptors (Lipinski definition) is 5. The highest BCUT2D eigenvalue weighted by atomic mass is 127. The molecule has 0 bridgehead atoms. The number of ether oxygens (including phenoxy) is 1. The van der Waals surface area contributed by atoms with Gasteiger partial charge in [0, 0.05) is 16.4 Å². The first-order valence-corrected chi connectivity index (χ1v) is 10.5. The van der Waals surface area contributed by atoms with Crippen LogP contribution in [-0.2, 0) is 24.4 Å². The van der Waals surface area contributed by atoms with Crippen molar-refractivity contribution in [1.82, 2.24) is 0 Å². The second-order valence-electron chi connectivity index (χ2n) is 3.99. The Bertz CT molecular complexity index is 668. The van der Waals surface area contributed by atoms with Crippen LogP contribution in [0.5, 0.6) is 0 Å². The summed E-state index contributed by atoms with van der Waals surface area (Å²) in [4.78, 5) is 23.1. The second kappa shape index (κ2) is 8.93. The number of nitrogens with one attached hydrogen (secondary N) is 1. The lowest BCUT2D eigenvalue weighted by Gasteiger charge is -2.08. The summed E-state index contributed by atoms with van der Waals surface area (Å²) in [5.41, 5.74) is 0.560. The van der Waals surface area contributed by atoms with Crippen molar-refractivity contribution in [3.8, 4) is 0 Å². The molecule has 1 amide bonds. The molecule has 1 aromatic rings. The summed E-state index contributed by atoms with van der Waals surface area (Å²) in [6.45, 7) is -0.496. The summed E-state index contributed by atoms with van der Waals surface area (Å²) in [7, 11) is -4.19. The number of amides is 1. The lowest BCUT2D eigenvalue weighted by atomic mass is 10.3. The Balaban J connectivity index is 2.51. The molecular formula is C11H10I3NO6S. The van der Waals surface area contributed by atoms with Crippen molar-refractivity contribution in [1.29, 1.82) is 0 Å². The van der Waals surface area contributed by atoms with Crippen molar-refractivity contribution in [2.24, 2.45) is 0 Å². The van der Waals surface area contributed by atoms with Gasteiger partial charge in [-0.2, -0.15) is 8.42 Å². The maximum atomic E-state index is 11.7. The maximum absolute atomic E-state index is 11.7. The molecule has 2 N–H and O–H groups in total. The van der Waals surface area contributed by atoms with E-state index in [0.717, 1.165) is 10.7 Å². The van der Waals surface area contributed by atoms with E-state index in [1.807, 2.05) is 0 Å². The molecule has 122 valence electrons. The average molecular weight is 665 g/mol. The third-order valence-electron chi connectivity index (χ3n) is 2.18. The first-order valence-electron chi connectivity index (χ1n) is 5.63. The predicted molar refractivity (Wildman–Crippen MR) is 105 cm³/mol. The van der Waals surface area contributed by atoms with Crippen LogP contribution in [0.4, 0.5) is 5.69 Å². The van der Waals surface area contributed by atoms with E-state index < -0.39 is 40.8 Å². The summed E-state index contributed by atoms with van der Waals surface area (Å²) in [5, 5.41) is 2.57. The van der Waals surface area contributed by atoms with Gasteiger partial charge < -0.3 is 10.1 Å². The van der Waals surface area contributed by atoms with Crippen molar-refractivity contribution >= 4 is 95.5 Å². The summed E-state index contributed by atoms with van der Waals surface area (Å²) in [6.07, 6.45) is -0.537. The molecule has 0 saturated heterocycles. The van der Waals surface area contributed by atoms with Gasteiger partial charge >= 0.3 is 5.97 Å². The van der Waals surface area contributed by atoms with Crippen LogP contribution < -0.4 is 5.32 Å². The molecule has 0 spiro atoms. The van der Waals surface area contributed by atoms with E-state index >= 15 is 0 Å². The quantitative estimate of drug-likeness (QED) is 0.159. The molecule has 0 fully saturated rings. The Morgan fingerprint density at radius 3 is 2.23 bits per heavy atom. The first kappa shape index (κ1) is 20.3. The molecule has 0 atom stereocenters. The molecule has 1 rings (SSSR count). The summed E-state index contributed by atoms with van der Waals surface area (Å²) >= 11 is 6.46. The van der Waals surface area contributed by atoms with Crippen LogP contribution in [0.1, 0.15) is 6.42 Å². The fraction of sp³-hybridized carbons (Fsp3) is 0.273. The van der Waals surface area contributed by atoms with Crippen molar-refractivity contribution in [3.63, 3.8) is 0 Å². The van der Waals surface area contributed by atoms with Gasteiger partial charge in [-0.3, -0.25) is 14.1 Å². The molecule has 0 aliphatic rings. The fourth-order valence-corrected chi connectivity index (χ4v) is 3.65. The molecule has 0 saturated carbocycles. The molecule has 0 aliphatic carbocycles. The van der Waals surface area contributed by atoms with Crippen molar-refractivity contribution in [2.75, 3.05) is 17.7 Å². The smallest absolute Gasteiger partial charge is 0.315 e. The molecule has 7 nitrogen and oxygen atoms in total. The van der Waals surface area contributed by atoms with Gasteiger partial charge in [0.05, 0.1) is 0 Å². The summed E-state index contributed by atoms with van der Waals surface area (Å²) in [5.74, 6) is -2.13. The zero-order valence-electron chi connectivity index (χ0n) is 10.8. The second-order valence-corrected chi connectivity index (χ2v) is 8.96. The first-order chi connectivity index (χ1) is 10.1. The van der Waals surface area contributed by atoms with E-state index in [1.165, 1.54) is 0 Å². The minimum Gasteiger partial charge on any atom is -0.464 e. The standard InChI is InChI=1S/C11H10I3NO6S/c12-7-3-6(4-8(13)11(7)14)15-9(16)5-10(17)21-1-2-22(18,19)20/h3-4H,1-2,5H2,(H,15,16)(H,18,19,20). The summed E-state index contributed by atoms with van der Waals surface area (Å²) < 4.78 is 36.9. The number of benzene rings is 1. The van der Waals surface area contributed by atoms with Gasteiger partial charge in [-0.1, -0.05) is 0 Å². The van der Waals surface area contributed by atoms with E-state index in [-0.39, 0.29) is 0 Å². The molecule has 0 aliphatic heterocycles. The fourth-order valence-electron chi connectivity index (χ4n) is 1.28. The zero-order chi connectivity index (χ0) is 16.9. The van der Waals surface area contributed by atoms with Crippen molar-refractivity contribution in [3.05, 3.63) is 22.8 Å². The van der Waals surface area contributed by atoms with E-state index in [9.17, 15) is 18.0 Å². The van der Waals surface area contributed by atoms with Gasteiger partial charge in [0.1, 0.15) is 18.8 Å². The molecule has 11 heteroatoms. The molecule has 22 heavy (non-hydrogen) atoms. The Hall–Kier alpha value is 0.260.